The van der Waals surface area contributed by atoms with Crippen molar-refractivity contribution in [3.8, 4) is 11.3 Å². The standard InChI is InChI=1S/C20H25N3O2/c1-14-7-9-16(10-8-14)18-11-12-20(25)23(22-18)13-19(24)21-17-6-4-3-5-15(17)2/h7-12,15,17H,3-6,13H2,1-2H3,(H,21,24)/t15-,17+/m1/s1. The number of amides is 1. The van der Waals surface area contributed by atoms with E-state index in [9.17, 15) is 9.59 Å². The average molecular weight is 339 g/mol. The van der Waals surface area contributed by atoms with Crippen LogP contribution < -0.4 is 10.9 Å². The molecule has 1 N–H and O–H groups in total. The molecule has 1 aliphatic rings. The molecule has 0 radical (unpaired) electrons. The summed E-state index contributed by atoms with van der Waals surface area (Å²) in [5.41, 5.74) is 2.53. The normalized spacial score (nSPS) is 20.2. The van der Waals surface area contributed by atoms with Gasteiger partial charge >= 0.3 is 0 Å². The van der Waals surface area contributed by atoms with Crippen molar-refractivity contribution in [2.75, 3.05) is 0 Å². The second-order valence-corrected chi connectivity index (χ2v) is 7.02. The number of carbonyl (C=O) groups is 1. The summed E-state index contributed by atoms with van der Waals surface area (Å²) >= 11 is 0. The molecule has 1 aromatic heterocycles. The highest BCUT2D eigenvalue weighted by atomic mass is 16.2. The van der Waals surface area contributed by atoms with Gasteiger partial charge in [-0.25, -0.2) is 4.68 Å². The maximum absolute atomic E-state index is 12.4. The van der Waals surface area contributed by atoms with Crippen molar-refractivity contribution >= 4 is 5.91 Å². The fourth-order valence-corrected chi connectivity index (χ4v) is 3.36. The topological polar surface area (TPSA) is 64.0 Å². The van der Waals surface area contributed by atoms with Crippen LogP contribution in [0.3, 0.4) is 0 Å². The van der Waals surface area contributed by atoms with E-state index in [0.717, 1.165) is 30.4 Å². The van der Waals surface area contributed by atoms with E-state index in [4.69, 9.17) is 0 Å². The molecule has 1 heterocycles. The minimum Gasteiger partial charge on any atom is -0.351 e. The van der Waals surface area contributed by atoms with Gasteiger partial charge in [0.1, 0.15) is 6.54 Å². The Morgan fingerprint density at radius 2 is 1.88 bits per heavy atom. The predicted octanol–water partition coefficient (Wildman–Crippen LogP) is 2.91. The van der Waals surface area contributed by atoms with Crippen LogP contribution in [-0.4, -0.2) is 21.7 Å². The summed E-state index contributed by atoms with van der Waals surface area (Å²) in [4.78, 5) is 24.4. The van der Waals surface area contributed by atoms with Crippen molar-refractivity contribution in [2.24, 2.45) is 5.92 Å². The summed E-state index contributed by atoms with van der Waals surface area (Å²) < 4.78 is 1.25. The van der Waals surface area contributed by atoms with Gasteiger partial charge in [0.15, 0.2) is 0 Å². The Hall–Kier alpha value is -2.43. The molecule has 132 valence electrons. The largest absolute Gasteiger partial charge is 0.351 e. The lowest BCUT2D eigenvalue weighted by molar-refractivity contribution is -0.123. The third-order valence-electron chi connectivity index (χ3n) is 4.97. The molecule has 2 atom stereocenters. The van der Waals surface area contributed by atoms with E-state index in [2.05, 4.69) is 17.3 Å². The number of nitrogens with zero attached hydrogens (tertiary/aromatic N) is 2. The fourth-order valence-electron chi connectivity index (χ4n) is 3.36. The highest BCUT2D eigenvalue weighted by Crippen LogP contribution is 2.23. The highest BCUT2D eigenvalue weighted by molar-refractivity contribution is 5.76. The molecule has 1 aliphatic carbocycles. The lowest BCUT2D eigenvalue weighted by Crippen LogP contribution is -2.43. The van der Waals surface area contributed by atoms with Gasteiger partial charge < -0.3 is 5.32 Å². The van der Waals surface area contributed by atoms with E-state index >= 15 is 0 Å². The van der Waals surface area contributed by atoms with Crippen LogP contribution in [0, 0.1) is 12.8 Å². The zero-order valence-electron chi connectivity index (χ0n) is 14.9. The molecule has 5 nitrogen and oxygen atoms in total. The Morgan fingerprint density at radius 3 is 2.60 bits per heavy atom. The summed E-state index contributed by atoms with van der Waals surface area (Å²) in [6.07, 6.45) is 4.54. The van der Waals surface area contributed by atoms with Crippen molar-refractivity contribution in [2.45, 2.75) is 52.1 Å². The number of aromatic nitrogens is 2. The first-order chi connectivity index (χ1) is 12.0. The smallest absolute Gasteiger partial charge is 0.267 e. The molecule has 25 heavy (non-hydrogen) atoms. The predicted molar refractivity (Wildman–Crippen MR) is 98.2 cm³/mol. The van der Waals surface area contributed by atoms with Gasteiger partial charge in [-0.15, -0.1) is 0 Å². The molecular weight excluding hydrogens is 314 g/mol. The number of hydrogen-bond acceptors (Lipinski definition) is 3. The molecular formula is C20H25N3O2. The van der Waals surface area contributed by atoms with Crippen molar-refractivity contribution in [3.63, 3.8) is 0 Å². The van der Waals surface area contributed by atoms with Crippen LogP contribution in [0.2, 0.25) is 0 Å². The minimum absolute atomic E-state index is 0.0399. The first-order valence-corrected chi connectivity index (χ1v) is 8.97. The summed E-state index contributed by atoms with van der Waals surface area (Å²) in [5, 5.41) is 7.44. The molecule has 3 rings (SSSR count). The van der Waals surface area contributed by atoms with Crippen LogP contribution in [0.5, 0.6) is 0 Å². The van der Waals surface area contributed by atoms with Crippen molar-refractivity contribution in [1.29, 1.82) is 0 Å². The van der Waals surface area contributed by atoms with Gasteiger partial charge in [-0.2, -0.15) is 5.10 Å². The van der Waals surface area contributed by atoms with E-state index in [-0.39, 0.29) is 24.1 Å². The fraction of sp³-hybridized carbons (Fsp3) is 0.450. The highest BCUT2D eigenvalue weighted by Gasteiger charge is 2.23. The van der Waals surface area contributed by atoms with Crippen LogP contribution >= 0.6 is 0 Å². The van der Waals surface area contributed by atoms with Gasteiger partial charge in [-0.05, 0) is 31.7 Å². The van der Waals surface area contributed by atoms with E-state index < -0.39 is 0 Å². The number of carbonyl (C=O) groups excluding carboxylic acids is 1. The summed E-state index contributed by atoms with van der Waals surface area (Å²) in [6.45, 7) is 4.16. The molecule has 1 fully saturated rings. The molecule has 0 unspecified atom stereocenters. The van der Waals surface area contributed by atoms with Crippen LogP contribution in [0.15, 0.2) is 41.2 Å². The summed E-state index contributed by atoms with van der Waals surface area (Å²) in [7, 11) is 0. The molecule has 5 heteroatoms. The minimum atomic E-state index is -0.261. The first-order valence-electron chi connectivity index (χ1n) is 8.97. The van der Waals surface area contributed by atoms with Crippen LogP contribution in [0.4, 0.5) is 0 Å². The molecule has 2 aromatic rings. The molecule has 0 saturated heterocycles. The Morgan fingerprint density at radius 1 is 1.16 bits per heavy atom. The van der Waals surface area contributed by atoms with E-state index in [1.165, 1.54) is 17.2 Å². The van der Waals surface area contributed by atoms with Gasteiger partial charge in [0.2, 0.25) is 5.91 Å². The second kappa shape index (κ2) is 7.64. The lowest BCUT2D eigenvalue weighted by Gasteiger charge is -2.29. The van der Waals surface area contributed by atoms with Crippen molar-refractivity contribution in [3.05, 3.63) is 52.3 Å². The number of aryl methyl sites for hydroxylation is 1. The van der Waals surface area contributed by atoms with Gasteiger partial charge in [0, 0.05) is 17.7 Å². The zero-order valence-corrected chi connectivity index (χ0v) is 14.9. The molecule has 0 aliphatic heterocycles. The third-order valence-corrected chi connectivity index (χ3v) is 4.97. The maximum Gasteiger partial charge on any atom is 0.267 e. The summed E-state index contributed by atoms with van der Waals surface area (Å²) in [6, 6.07) is 11.3. The number of nitrogens with one attached hydrogen (secondary N) is 1. The van der Waals surface area contributed by atoms with E-state index in [0.29, 0.717) is 11.6 Å². The van der Waals surface area contributed by atoms with Crippen LogP contribution in [-0.2, 0) is 11.3 Å². The summed E-state index contributed by atoms with van der Waals surface area (Å²) in [5.74, 6) is 0.343. The monoisotopic (exact) mass is 339 g/mol. The third kappa shape index (κ3) is 4.35. The Bertz CT molecular complexity index is 795. The van der Waals surface area contributed by atoms with E-state index in [1.54, 1.807) is 6.07 Å². The zero-order chi connectivity index (χ0) is 17.8. The van der Waals surface area contributed by atoms with Gasteiger partial charge in [-0.1, -0.05) is 49.6 Å². The van der Waals surface area contributed by atoms with Gasteiger partial charge in [0.25, 0.3) is 5.56 Å². The van der Waals surface area contributed by atoms with Gasteiger partial charge in [-0.3, -0.25) is 9.59 Å². The van der Waals surface area contributed by atoms with Gasteiger partial charge in [0.05, 0.1) is 5.69 Å². The maximum atomic E-state index is 12.4. The lowest BCUT2D eigenvalue weighted by atomic mass is 9.86. The quantitative estimate of drug-likeness (QED) is 0.931. The molecule has 1 saturated carbocycles. The van der Waals surface area contributed by atoms with Crippen molar-refractivity contribution < 1.29 is 4.79 Å². The second-order valence-electron chi connectivity index (χ2n) is 7.02. The van der Waals surface area contributed by atoms with Crippen molar-refractivity contribution in [1.82, 2.24) is 15.1 Å². The molecule has 0 spiro atoms. The number of rotatable bonds is 4. The van der Waals surface area contributed by atoms with Crippen LogP contribution in [0.1, 0.15) is 38.2 Å². The first kappa shape index (κ1) is 17.4. The molecule has 0 bridgehead atoms. The Labute approximate surface area is 148 Å². The van der Waals surface area contributed by atoms with E-state index in [1.807, 2.05) is 31.2 Å². The Kier molecular flexibility index (Phi) is 5.31. The molecule has 1 aromatic carbocycles. The average Bonchev–Trinajstić information content (AvgIpc) is 2.60. The molecule has 1 amide bonds. The SMILES string of the molecule is Cc1ccc(-c2ccc(=O)n(CC(=O)N[C@H]3CCCC[C@H]3C)n2)cc1. The van der Waals surface area contributed by atoms with Crippen LogP contribution in [0.25, 0.3) is 11.3 Å². The number of hydrogen-bond donors (Lipinski definition) is 1. The Balaban J connectivity index is 1.73. The number of benzene rings is 1.